The van der Waals surface area contributed by atoms with E-state index in [1.807, 2.05) is 12.1 Å². The van der Waals surface area contributed by atoms with Gasteiger partial charge in [0.05, 0.1) is 5.25 Å². The Labute approximate surface area is 109 Å². The van der Waals surface area contributed by atoms with Crippen LogP contribution in [0.2, 0.25) is 0 Å². The maximum atomic E-state index is 11.5. The summed E-state index contributed by atoms with van der Waals surface area (Å²) >= 11 is 0. The molecule has 0 spiro atoms. The Hall–Kier alpha value is -0.870. The molecule has 0 aromatic heterocycles. The molecule has 1 aromatic carbocycles. The van der Waals surface area contributed by atoms with Crippen molar-refractivity contribution in [1.82, 2.24) is 0 Å². The first-order valence-corrected chi connectivity index (χ1v) is 8.39. The third-order valence-electron chi connectivity index (χ3n) is 4.08. The van der Waals surface area contributed by atoms with Gasteiger partial charge in [-0.1, -0.05) is 30.7 Å². The topological polar surface area (TPSA) is 60.2 Å². The van der Waals surface area contributed by atoms with Gasteiger partial charge in [0.15, 0.2) is 9.84 Å². The van der Waals surface area contributed by atoms with Crippen molar-refractivity contribution in [3.63, 3.8) is 0 Å². The van der Waals surface area contributed by atoms with Crippen LogP contribution in [0.15, 0.2) is 24.3 Å². The Morgan fingerprint density at radius 2 is 1.78 bits per heavy atom. The third-order valence-corrected chi connectivity index (χ3v) is 5.72. The van der Waals surface area contributed by atoms with E-state index in [1.54, 1.807) is 6.92 Å². The van der Waals surface area contributed by atoms with Gasteiger partial charge in [-0.05, 0) is 36.8 Å². The first kappa shape index (κ1) is 13.6. The van der Waals surface area contributed by atoms with Gasteiger partial charge in [0.2, 0.25) is 0 Å². The molecule has 2 atom stereocenters. The molecule has 2 N–H and O–H groups in total. The van der Waals surface area contributed by atoms with Crippen molar-refractivity contribution < 1.29 is 8.42 Å². The Kier molecular flexibility index (Phi) is 3.78. The molecule has 1 aliphatic carbocycles. The molecule has 0 heterocycles. The predicted octanol–water partition coefficient (Wildman–Crippen LogP) is 2.39. The van der Waals surface area contributed by atoms with Gasteiger partial charge < -0.3 is 5.73 Å². The summed E-state index contributed by atoms with van der Waals surface area (Å²) in [5.74, 6) is 0.697. The van der Waals surface area contributed by atoms with E-state index in [9.17, 15) is 8.42 Å². The second-order valence-corrected chi connectivity index (χ2v) is 7.76. The van der Waals surface area contributed by atoms with E-state index in [0.29, 0.717) is 5.92 Å². The van der Waals surface area contributed by atoms with Crippen molar-refractivity contribution in [2.75, 3.05) is 6.26 Å². The van der Waals surface area contributed by atoms with Crippen molar-refractivity contribution in [3.05, 3.63) is 35.4 Å². The van der Waals surface area contributed by atoms with E-state index in [4.69, 9.17) is 5.73 Å². The van der Waals surface area contributed by atoms with Crippen LogP contribution < -0.4 is 5.73 Å². The molecule has 4 heteroatoms. The van der Waals surface area contributed by atoms with E-state index in [1.165, 1.54) is 31.1 Å². The highest BCUT2D eigenvalue weighted by Crippen LogP contribution is 2.36. The molecule has 1 fully saturated rings. The molecular weight excluding hydrogens is 246 g/mol. The van der Waals surface area contributed by atoms with Crippen molar-refractivity contribution in [3.8, 4) is 0 Å². The second kappa shape index (κ2) is 5.02. The Bertz CT molecular complexity index is 503. The molecule has 0 bridgehead atoms. The van der Waals surface area contributed by atoms with Crippen LogP contribution >= 0.6 is 0 Å². The summed E-state index contributed by atoms with van der Waals surface area (Å²) in [6, 6.07) is 7.68. The van der Waals surface area contributed by atoms with Gasteiger partial charge in [-0.3, -0.25) is 0 Å². The van der Waals surface area contributed by atoms with Crippen LogP contribution in [-0.4, -0.2) is 19.9 Å². The van der Waals surface area contributed by atoms with Gasteiger partial charge in [-0.25, -0.2) is 8.42 Å². The Balaban J connectivity index is 2.13. The zero-order chi connectivity index (χ0) is 13.3. The number of nitrogens with two attached hydrogens (primary N) is 1. The molecule has 3 nitrogen and oxygen atoms in total. The monoisotopic (exact) mass is 267 g/mol. The molecule has 1 aromatic rings. The molecule has 2 rings (SSSR count). The van der Waals surface area contributed by atoms with Crippen molar-refractivity contribution in [2.24, 2.45) is 5.73 Å². The lowest BCUT2D eigenvalue weighted by atomic mass is 9.80. The predicted molar refractivity (Wildman–Crippen MR) is 74.3 cm³/mol. The van der Waals surface area contributed by atoms with E-state index >= 15 is 0 Å². The first-order chi connectivity index (χ1) is 8.39. The van der Waals surface area contributed by atoms with Crippen LogP contribution in [0.4, 0.5) is 0 Å². The van der Waals surface area contributed by atoms with E-state index in [0.717, 1.165) is 5.56 Å². The normalized spacial score (nSPS) is 20.2. The Morgan fingerprint density at radius 3 is 2.17 bits per heavy atom. The zero-order valence-corrected chi connectivity index (χ0v) is 11.8. The van der Waals surface area contributed by atoms with Crippen LogP contribution in [0.1, 0.15) is 49.3 Å². The smallest absolute Gasteiger partial charge is 0.151 e. The highest BCUT2D eigenvalue weighted by atomic mass is 32.2. The summed E-state index contributed by atoms with van der Waals surface area (Å²) in [6.45, 7) is 1.67. The minimum atomic E-state index is -3.10. The summed E-state index contributed by atoms with van der Waals surface area (Å²) < 4.78 is 23.0. The number of rotatable bonds is 4. The van der Waals surface area contributed by atoms with Gasteiger partial charge in [-0.15, -0.1) is 0 Å². The summed E-state index contributed by atoms with van der Waals surface area (Å²) in [6.07, 6.45) is 5.09. The van der Waals surface area contributed by atoms with Gasteiger partial charge >= 0.3 is 0 Å². The van der Waals surface area contributed by atoms with E-state index in [2.05, 4.69) is 12.1 Å². The fraction of sp³-hybridized carbons (Fsp3) is 0.571. The average molecular weight is 267 g/mol. The van der Waals surface area contributed by atoms with Gasteiger partial charge in [0, 0.05) is 12.3 Å². The van der Waals surface area contributed by atoms with E-state index < -0.39 is 21.1 Å². The maximum absolute atomic E-state index is 11.5. The average Bonchev–Trinajstić information content (AvgIpc) is 2.24. The van der Waals surface area contributed by atoms with E-state index in [-0.39, 0.29) is 0 Å². The fourth-order valence-corrected chi connectivity index (χ4v) is 2.96. The van der Waals surface area contributed by atoms with Gasteiger partial charge in [0.25, 0.3) is 0 Å². The van der Waals surface area contributed by atoms with Crippen LogP contribution in [-0.2, 0) is 9.84 Å². The molecule has 1 saturated carbocycles. The highest BCUT2D eigenvalue weighted by molar-refractivity contribution is 7.91. The number of hydrogen-bond acceptors (Lipinski definition) is 3. The summed E-state index contributed by atoms with van der Waals surface area (Å²) in [4.78, 5) is 0. The van der Waals surface area contributed by atoms with Crippen LogP contribution in [0, 0.1) is 0 Å². The molecule has 2 unspecified atom stereocenters. The molecule has 18 heavy (non-hydrogen) atoms. The lowest BCUT2D eigenvalue weighted by Crippen LogP contribution is -2.30. The molecule has 0 saturated heterocycles. The van der Waals surface area contributed by atoms with Crippen molar-refractivity contribution in [2.45, 2.75) is 43.4 Å². The molecule has 0 aliphatic heterocycles. The number of benzene rings is 1. The zero-order valence-electron chi connectivity index (χ0n) is 11.0. The van der Waals surface area contributed by atoms with Crippen LogP contribution in [0.5, 0.6) is 0 Å². The summed E-state index contributed by atoms with van der Waals surface area (Å²) in [5, 5.41) is -0.549. The lowest BCUT2D eigenvalue weighted by Gasteiger charge is -2.26. The molecule has 100 valence electrons. The second-order valence-electron chi connectivity index (χ2n) is 5.35. The largest absolute Gasteiger partial charge is 0.323 e. The summed E-state index contributed by atoms with van der Waals surface area (Å²) in [7, 11) is -3.10. The highest BCUT2D eigenvalue weighted by Gasteiger charge is 2.25. The van der Waals surface area contributed by atoms with Gasteiger partial charge in [0.1, 0.15) is 0 Å². The quantitative estimate of drug-likeness (QED) is 0.911. The summed E-state index contributed by atoms with van der Waals surface area (Å²) in [5.41, 5.74) is 8.27. The van der Waals surface area contributed by atoms with Crippen LogP contribution in [0.3, 0.4) is 0 Å². The first-order valence-electron chi connectivity index (χ1n) is 6.44. The van der Waals surface area contributed by atoms with Gasteiger partial charge in [-0.2, -0.15) is 0 Å². The molecular formula is C14H21NO2S. The minimum Gasteiger partial charge on any atom is -0.323 e. The number of hydrogen-bond donors (Lipinski definition) is 1. The molecule has 0 radical (unpaired) electrons. The molecule has 1 aliphatic rings. The van der Waals surface area contributed by atoms with Crippen molar-refractivity contribution in [1.29, 1.82) is 0 Å². The Morgan fingerprint density at radius 1 is 1.22 bits per heavy atom. The maximum Gasteiger partial charge on any atom is 0.151 e. The number of sulfone groups is 1. The van der Waals surface area contributed by atoms with Crippen molar-refractivity contribution >= 4 is 9.84 Å². The minimum absolute atomic E-state index is 0.449. The standard InChI is InChI=1S/C14H21NO2S/c1-10(18(2,16)17)14(15)13-8-6-12(7-9-13)11-4-3-5-11/h6-11,14H,3-5,15H2,1-2H3. The fourth-order valence-electron chi connectivity index (χ4n) is 2.27. The lowest BCUT2D eigenvalue weighted by molar-refractivity contribution is 0.419. The van der Waals surface area contributed by atoms with Crippen LogP contribution in [0.25, 0.3) is 0 Å². The third kappa shape index (κ3) is 2.75. The molecule has 0 amide bonds. The SMILES string of the molecule is CC(C(N)c1ccc(C2CCC2)cc1)S(C)(=O)=O.